The zero-order valence-corrected chi connectivity index (χ0v) is 14.0. The van der Waals surface area contributed by atoms with Crippen molar-refractivity contribution in [1.29, 1.82) is 0 Å². The van der Waals surface area contributed by atoms with Crippen molar-refractivity contribution in [2.75, 3.05) is 4.72 Å². The van der Waals surface area contributed by atoms with Crippen molar-refractivity contribution in [3.05, 3.63) is 47.0 Å². The van der Waals surface area contributed by atoms with Crippen LogP contribution in [-0.4, -0.2) is 18.7 Å². The maximum Gasteiger partial charge on any atom is 0.264 e. The predicted molar refractivity (Wildman–Crippen MR) is 88.2 cm³/mol. The van der Waals surface area contributed by atoms with Crippen molar-refractivity contribution >= 4 is 38.3 Å². The summed E-state index contributed by atoms with van der Waals surface area (Å²) in [6, 6.07) is 10.1. The van der Waals surface area contributed by atoms with Gasteiger partial charge in [-0.15, -0.1) is 0 Å². The first-order valence-electron chi connectivity index (χ1n) is 6.92. The summed E-state index contributed by atoms with van der Waals surface area (Å²) in [6.45, 7) is 3.99. The van der Waals surface area contributed by atoms with Gasteiger partial charge in [0.25, 0.3) is 10.0 Å². The standard InChI is InChI=1S/C15H14ClN3O3S/c1-9(2)10-5-3-4-6-12(10)19-23(20,21)13-8-7-11(16)14-15(13)18-22-17-14/h3-9,19H,1-2H3. The van der Waals surface area contributed by atoms with Crippen LogP contribution < -0.4 is 4.72 Å². The van der Waals surface area contributed by atoms with Gasteiger partial charge in [-0.2, -0.15) is 0 Å². The molecule has 120 valence electrons. The SMILES string of the molecule is CC(C)c1ccccc1NS(=O)(=O)c1ccc(Cl)c2nonc12. The van der Waals surface area contributed by atoms with Gasteiger partial charge in [-0.25, -0.2) is 13.0 Å². The lowest BCUT2D eigenvalue weighted by Crippen LogP contribution is -2.15. The van der Waals surface area contributed by atoms with E-state index in [0.717, 1.165) is 5.56 Å². The molecule has 3 rings (SSSR count). The molecule has 0 amide bonds. The number of nitrogens with zero attached hydrogens (tertiary/aromatic N) is 2. The first-order valence-corrected chi connectivity index (χ1v) is 8.79. The van der Waals surface area contributed by atoms with Crippen LogP contribution >= 0.6 is 11.6 Å². The van der Waals surface area contributed by atoms with Crippen LogP contribution in [0.5, 0.6) is 0 Å². The van der Waals surface area contributed by atoms with E-state index < -0.39 is 10.0 Å². The molecule has 2 aromatic carbocycles. The van der Waals surface area contributed by atoms with Gasteiger partial charge < -0.3 is 0 Å². The molecule has 0 spiro atoms. The second-order valence-electron chi connectivity index (χ2n) is 5.35. The van der Waals surface area contributed by atoms with Crippen LogP contribution in [0.2, 0.25) is 5.02 Å². The normalized spacial score (nSPS) is 12.0. The van der Waals surface area contributed by atoms with Gasteiger partial charge in [0, 0.05) is 0 Å². The highest BCUT2D eigenvalue weighted by atomic mass is 35.5. The van der Waals surface area contributed by atoms with Crippen molar-refractivity contribution in [3.63, 3.8) is 0 Å². The van der Waals surface area contributed by atoms with Crippen LogP contribution in [0, 0.1) is 0 Å². The molecule has 0 saturated heterocycles. The summed E-state index contributed by atoms with van der Waals surface area (Å²) in [4.78, 5) is -0.0308. The molecule has 1 heterocycles. The van der Waals surface area contributed by atoms with Crippen molar-refractivity contribution in [2.45, 2.75) is 24.7 Å². The van der Waals surface area contributed by atoms with Crippen LogP contribution in [-0.2, 0) is 10.0 Å². The minimum absolute atomic E-state index is 0.0308. The Morgan fingerprint density at radius 3 is 2.52 bits per heavy atom. The Bertz CT molecular complexity index is 967. The van der Waals surface area contributed by atoms with Crippen molar-refractivity contribution < 1.29 is 13.0 Å². The number of rotatable bonds is 4. The van der Waals surface area contributed by atoms with Crippen molar-refractivity contribution in [1.82, 2.24) is 10.3 Å². The maximum absolute atomic E-state index is 12.7. The van der Waals surface area contributed by atoms with E-state index >= 15 is 0 Å². The summed E-state index contributed by atoms with van der Waals surface area (Å²) >= 11 is 5.97. The molecule has 1 N–H and O–H groups in total. The number of benzene rings is 2. The van der Waals surface area contributed by atoms with Gasteiger partial charge in [-0.3, -0.25) is 4.72 Å². The molecule has 0 radical (unpaired) electrons. The number of fused-ring (bicyclic) bond motifs is 1. The average Bonchev–Trinajstić information content (AvgIpc) is 2.97. The van der Waals surface area contributed by atoms with E-state index in [1.165, 1.54) is 12.1 Å². The van der Waals surface area contributed by atoms with Crippen molar-refractivity contribution in [2.24, 2.45) is 0 Å². The molecule has 0 atom stereocenters. The Kier molecular flexibility index (Phi) is 3.99. The minimum Gasteiger partial charge on any atom is -0.279 e. The van der Waals surface area contributed by atoms with Gasteiger partial charge in [0.1, 0.15) is 4.90 Å². The average molecular weight is 352 g/mol. The lowest BCUT2D eigenvalue weighted by Gasteiger charge is -2.14. The molecule has 6 nitrogen and oxygen atoms in total. The summed E-state index contributed by atoms with van der Waals surface area (Å²) in [7, 11) is -3.85. The van der Waals surface area contributed by atoms with Crippen LogP contribution in [0.25, 0.3) is 11.0 Å². The number of hydrogen-bond acceptors (Lipinski definition) is 5. The summed E-state index contributed by atoms with van der Waals surface area (Å²) in [5.41, 5.74) is 1.75. The Labute approximate surface area is 138 Å². The Balaban J connectivity index is 2.09. The lowest BCUT2D eigenvalue weighted by molar-refractivity contribution is 0.315. The largest absolute Gasteiger partial charge is 0.279 e. The van der Waals surface area contributed by atoms with Crippen LogP contribution in [0.1, 0.15) is 25.3 Å². The first kappa shape index (κ1) is 15.8. The number of anilines is 1. The Morgan fingerprint density at radius 2 is 1.78 bits per heavy atom. The van der Waals surface area contributed by atoms with E-state index in [1.807, 2.05) is 26.0 Å². The second kappa shape index (κ2) is 5.82. The molecule has 8 heteroatoms. The van der Waals surface area contributed by atoms with Gasteiger partial charge in [-0.1, -0.05) is 43.6 Å². The van der Waals surface area contributed by atoms with Gasteiger partial charge in [-0.05, 0) is 40.0 Å². The Morgan fingerprint density at radius 1 is 1.09 bits per heavy atom. The highest BCUT2D eigenvalue weighted by Crippen LogP contribution is 2.30. The molecular formula is C15H14ClN3O3S. The molecule has 3 aromatic rings. The molecule has 0 unspecified atom stereocenters. The lowest BCUT2D eigenvalue weighted by atomic mass is 10.0. The van der Waals surface area contributed by atoms with E-state index in [9.17, 15) is 8.42 Å². The van der Waals surface area contributed by atoms with E-state index in [0.29, 0.717) is 5.69 Å². The number of hydrogen-bond donors (Lipinski definition) is 1. The van der Waals surface area contributed by atoms with Gasteiger partial charge >= 0.3 is 0 Å². The third kappa shape index (κ3) is 2.89. The zero-order chi connectivity index (χ0) is 16.6. The third-order valence-electron chi connectivity index (χ3n) is 3.45. The number of para-hydroxylation sites is 1. The zero-order valence-electron chi connectivity index (χ0n) is 12.4. The highest BCUT2D eigenvalue weighted by molar-refractivity contribution is 7.93. The highest BCUT2D eigenvalue weighted by Gasteiger charge is 2.23. The van der Waals surface area contributed by atoms with E-state index in [4.69, 9.17) is 11.6 Å². The number of halogens is 1. The quantitative estimate of drug-likeness (QED) is 0.772. The van der Waals surface area contributed by atoms with E-state index in [1.54, 1.807) is 12.1 Å². The fourth-order valence-corrected chi connectivity index (χ4v) is 3.73. The van der Waals surface area contributed by atoms with Crippen molar-refractivity contribution in [3.8, 4) is 0 Å². The fourth-order valence-electron chi connectivity index (χ4n) is 2.32. The molecular weight excluding hydrogens is 338 g/mol. The van der Waals surface area contributed by atoms with Crippen LogP contribution in [0.4, 0.5) is 5.69 Å². The first-order chi connectivity index (χ1) is 10.9. The molecule has 0 fully saturated rings. The molecule has 1 aromatic heterocycles. The number of aromatic nitrogens is 2. The fraction of sp³-hybridized carbons (Fsp3) is 0.200. The second-order valence-corrected chi connectivity index (χ2v) is 7.41. The van der Waals surface area contributed by atoms with E-state index in [2.05, 4.69) is 19.7 Å². The predicted octanol–water partition coefficient (Wildman–Crippen LogP) is 3.80. The van der Waals surface area contributed by atoms with Gasteiger partial charge in [0.05, 0.1) is 10.7 Å². The van der Waals surface area contributed by atoms with Crippen LogP contribution in [0.15, 0.2) is 45.9 Å². The molecule has 0 bridgehead atoms. The summed E-state index contributed by atoms with van der Waals surface area (Å²) < 4.78 is 32.7. The maximum atomic E-state index is 12.7. The topological polar surface area (TPSA) is 85.1 Å². The minimum atomic E-state index is -3.85. The molecule has 23 heavy (non-hydrogen) atoms. The molecule has 0 aliphatic rings. The van der Waals surface area contributed by atoms with Gasteiger partial charge in [0.15, 0.2) is 11.0 Å². The Hall–Kier alpha value is -2.12. The summed E-state index contributed by atoms with van der Waals surface area (Å²) in [6.07, 6.45) is 0. The van der Waals surface area contributed by atoms with Gasteiger partial charge in [0.2, 0.25) is 0 Å². The summed E-state index contributed by atoms with van der Waals surface area (Å²) in [5.74, 6) is 0.174. The monoisotopic (exact) mass is 351 g/mol. The third-order valence-corrected chi connectivity index (χ3v) is 5.15. The smallest absolute Gasteiger partial charge is 0.264 e. The molecule has 0 aliphatic heterocycles. The molecule has 0 saturated carbocycles. The summed E-state index contributed by atoms with van der Waals surface area (Å²) in [5, 5.41) is 7.57. The van der Waals surface area contributed by atoms with Crippen LogP contribution in [0.3, 0.4) is 0 Å². The number of nitrogens with one attached hydrogen (secondary N) is 1. The van der Waals surface area contributed by atoms with E-state index in [-0.39, 0.29) is 26.9 Å². The number of sulfonamides is 1. The molecule has 0 aliphatic carbocycles.